The molecule has 0 bridgehead atoms. The van der Waals surface area contributed by atoms with Crippen molar-refractivity contribution in [2.45, 2.75) is 50.4 Å². The molecule has 1 aromatic carbocycles. The maximum absolute atomic E-state index is 12.8. The van der Waals surface area contributed by atoms with E-state index in [1.165, 1.54) is 16.8 Å². The highest BCUT2D eigenvalue weighted by Crippen LogP contribution is 2.37. The van der Waals surface area contributed by atoms with Gasteiger partial charge in [0.15, 0.2) is 0 Å². The standard InChI is InChI=1S/C21H26F3N5O3/c1-32-12-11-28-20(31)29(17-8-9-17)18(26-28)14-3-2-10-27(13-14)19(30)25-16-6-4-15(5-7-16)21(22,23)24/h4-7,14,17H,2-3,8-13H2,1H3,(H,25,30). The fourth-order valence-corrected chi connectivity index (χ4v) is 4.03. The van der Waals surface area contributed by atoms with Gasteiger partial charge in [0.2, 0.25) is 0 Å². The molecule has 1 aliphatic carbocycles. The Labute approximate surface area is 183 Å². The zero-order valence-electron chi connectivity index (χ0n) is 17.8. The molecule has 32 heavy (non-hydrogen) atoms. The zero-order chi connectivity index (χ0) is 22.9. The van der Waals surface area contributed by atoms with Gasteiger partial charge in [0.25, 0.3) is 0 Å². The van der Waals surface area contributed by atoms with Crippen molar-refractivity contribution in [2.75, 3.05) is 32.1 Å². The number of benzene rings is 1. The number of halogens is 3. The molecular weight excluding hydrogens is 427 g/mol. The molecule has 8 nitrogen and oxygen atoms in total. The number of anilines is 1. The second-order valence-electron chi connectivity index (χ2n) is 8.25. The van der Waals surface area contributed by atoms with Crippen LogP contribution in [0.4, 0.5) is 23.7 Å². The Hall–Kier alpha value is -2.82. The number of rotatable bonds is 6. The molecule has 1 aromatic heterocycles. The van der Waals surface area contributed by atoms with E-state index in [1.54, 1.807) is 16.6 Å². The summed E-state index contributed by atoms with van der Waals surface area (Å²) in [5.41, 5.74) is -0.620. The van der Waals surface area contributed by atoms with E-state index in [9.17, 15) is 22.8 Å². The van der Waals surface area contributed by atoms with Crippen LogP contribution in [0.2, 0.25) is 0 Å². The van der Waals surface area contributed by atoms with Gasteiger partial charge < -0.3 is 15.0 Å². The third-order valence-corrected chi connectivity index (χ3v) is 5.85. The van der Waals surface area contributed by atoms with Crippen LogP contribution in [0.1, 0.15) is 49.0 Å². The highest BCUT2D eigenvalue weighted by atomic mass is 19.4. The lowest BCUT2D eigenvalue weighted by atomic mass is 9.97. The maximum atomic E-state index is 12.8. The molecule has 0 spiro atoms. The van der Waals surface area contributed by atoms with Gasteiger partial charge in [-0.1, -0.05) is 0 Å². The largest absolute Gasteiger partial charge is 0.416 e. The van der Waals surface area contributed by atoms with Crippen LogP contribution in [0, 0.1) is 0 Å². The van der Waals surface area contributed by atoms with Gasteiger partial charge >= 0.3 is 17.9 Å². The van der Waals surface area contributed by atoms with Crippen molar-refractivity contribution in [1.29, 1.82) is 0 Å². The van der Waals surface area contributed by atoms with Crippen molar-refractivity contribution < 1.29 is 22.7 Å². The molecule has 2 amide bonds. The number of likely N-dealkylation sites (tertiary alicyclic amines) is 1. The van der Waals surface area contributed by atoms with E-state index in [-0.39, 0.29) is 23.7 Å². The maximum Gasteiger partial charge on any atom is 0.416 e. The van der Waals surface area contributed by atoms with Crippen LogP contribution in [0.15, 0.2) is 29.1 Å². The van der Waals surface area contributed by atoms with E-state index in [1.807, 2.05) is 0 Å². The van der Waals surface area contributed by atoms with E-state index < -0.39 is 11.7 Å². The second kappa shape index (κ2) is 8.97. The first-order valence-corrected chi connectivity index (χ1v) is 10.7. The number of urea groups is 1. The molecule has 1 atom stereocenters. The molecule has 1 aliphatic heterocycles. The molecule has 1 unspecified atom stereocenters. The Bertz CT molecular complexity index is 1010. The Morgan fingerprint density at radius 3 is 2.56 bits per heavy atom. The number of amides is 2. The first-order chi connectivity index (χ1) is 15.3. The van der Waals surface area contributed by atoms with Gasteiger partial charge in [-0.3, -0.25) is 4.57 Å². The highest BCUT2D eigenvalue weighted by molar-refractivity contribution is 5.89. The molecule has 2 fully saturated rings. The number of carbonyl (C=O) groups is 1. The van der Waals surface area contributed by atoms with E-state index in [0.717, 1.165) is 37.8 Å². The van der Waals surface area contributed by atoms with Gasteiger partial charge in [-0.2, -0.15) is 18.3 Å². The van der Waals surface area contributed by atoms with Crippen LogP contribution in [-0.2, 0) is 17.5 Å². The topological polar surface area (TPSA) is 81.4 Å². The molecule has 0 radical (unpaired) electrons. The minimum Gasteiger partial charge on any atom is -0.383 e. The van der Waals surface area contributed by atoms with Crippen LogP contribution < -0.4 is 11.0 Å². The number of aromatic nitrogens is 3. The number of methoxy groups -OCH3 is 1. The fourth-order valence-electron chi connectivity index (χ4n) is 4.03. The first-order valence-electron chi connectivity index (χ1n) is 10.7. The lowest BCUT2D eigenvalue weighted by Gasteiger charge is -2.32. The highest BCUT2D eigenvalue weighted by Gasteiger charge is 2.35. The summed E-state index contributed by atoms with van der Waals surface area (Å²) in [7, 11) is 1.57. The quantitative estimate of drug-likeness (QED) is 0.727. The average molecular weight is 453 g/mol. The monoisotopic (exact) mass is 453 g/mol. The number of alkyl halides is 3. The van der Waals surface area contributed by atoms with E-state index in [0.29, 0.717) is 37.8 Å². The van der Waals surface area contributed by atoms with Gasteiger partial charge in [0.1, 0.15) is 5.82 Å². The molecule has 1 saturated carbocycles. The Balaban J connectivity index is 1.46. The van der Waals surface area contributed by atoms with Crippen molar-refractivity contribution >= 4 is 11.7 Å². The molecule has 1 saturated heterocycles. The molecule has 2 aromatic rings. The third-order valence-electron chi connectivity index (χ3n) is 5.85. The molecule has 2 aliphatic rings. The van der Waals surface area contributed by atoms with Crippen LogP contribution in [0.5, 0.6) is 0 Å². The molecule has 1 N–H and O–H groups in total. The van der Waals surface area contributed by atoms with E-state index >= 15 is 0 Å². The van der Waals surface area contributed by atoms with E-state index in [2.05, 4.69) is 10.4 Å². The zero-order valence-corrected chi connectivity index (χ0v) is 17.8. The number of carbonyl (C=O) groups excluding carboxylic acids is 1. The van der Waals surface area contributed by atoms with Crippen LogP contribution in [0.25, 0.3) is 0 Å². The SMILES string of the molecule is COCCn1nc(C2CCCN(C(=O)Nc3ccc(C(F)(F)F)cc3)C2)n(C2CC2)c1=O. The second-order valence-corrected chi connectivity index (χ2v) is 8.25. The van der Waals surface area contributed by atoms with Crippen LogP contribution in [-0.4, -0.2) is 52.1 Å². The predicted octanol–water partition coefficient (Wildman–Crippen LogP) is 3.46. The summed E-state index contributed by atoms with van der Waals surface area (Å²) in [6, 6.07) is 4.14. The van der Waals surface area contributed by atoms with Gasteiger partial charge in [-0.25, -0.2) is 14.3 Å². The predicted molar refractivity (Wildman–Crippen MR) is 111 cm³/mol. The third kappa shape index (κ3) is 4.82. The normalized spacial score (nSPS) is 19.2. The smallest absolute Gasteiger partial charge is 0.383 e. The van der Waals surface area contributed by atoms with Gasteiger partial charge in [0, 0.05) is 37.8 Å². The summed E-state index contributed by atoms with van der Waals surface area (Å²) in [5.74, 6) is 0.611. The van der Waals surface area contributed by atoms with E-state index in [4.69, 9.17) is 4.74 Å². The summed E-state index contributed by atoms with van der Waals surface area (Å²) in [5, 5.41) is 7.23. The molecule has 2 heterocycles. The number of hydrogen-bond donors (Lipinski definition) is 1. The number of nitrogens with one attached hydrogen (secondary N) is 1. The fraction of sp³-hybridized carbons (Fsp3) is 0.571. The van der Waals surface area contributed by atoms with Gasteiger partial charge in [-0.15, -0.1) is 0 Å². The van der Waals surface area contributed by atoms with Crippen LogP contribution >= 0.6 is 0 Å². The first kappa shape index (κ1) is 22.4. The van der Waals surface area contributed by atoms with Crippen molar-refractivity contribution in [2.24, 2.45) is 0 Å². The molecule has 11 heteroatoms. The Morgan fingerprint density at radius 2 is 1.94 bits per heavy atom. The van der Waals surface area contributed by atoms with Crippen molar-refractivity contribution in [3.8, 4) is 0 Å². The summed E-state index contributed by atoms with van der Waals surface area (Å²) >= 11 is 0. The van der Waals surface area contributed by atoms with Crippen molar-refractivity contribution in [3.63, 3.8) is 0 Å². The average Bonchev–Trinajstić information content (AvgIpc) is 3.55. The lowest BCUT2D eigenvalue weighted by Crippen LogP contribution is -2.42. The minimum absolute atomic E-state index is 0.0841. The molecular formula is C21H26F3N5O3. The van der Waals surface area contributed by atoms with Gasteiger partial charge in [0.05, 0.1) is 18.7 Å². The summed E-state index contributed by atoms with van der Waals surface area (Å²) in [6.45, 7) is 1.67. The molecule has 174 valence electrons. The van der Waals surface area contributed by atoms with Crippen molar-refractivity contribution in [3.05, 3.63) is 46.1 Å². The number of nitrogens with zero attached hydrogens (tertiary/aromatic N) is 4. The minimum atomic E-state index is -4.42. The summed E-state index contributed by atoms with van der Waals surface area (Å²) in [4.78, 5) is 27.2. The lowest BCUT2D eigenvalue weighted by molar-refractivity contribution is -0.137. The van der Waals surface area contributed by atoms with Crippen molar-refractivity contribution in [1.82, 2.24) is 19.2 Å². The number of piperidine rings is 1. The Kier molecular flexibility index (Phi) is 6.27. The number of hydrogen-bond acceptors (Lipinski definition) is 4. The van der Waals surface area contributed by atoms with Crippen LogP contribution in [0.3, 0.4) is 0 Å². The summed E-state index contributed by atoms with van der Waals surface area (Å²) in [6.07, 6.45) is -1.000. The number of ether oxygens (including phenoxy) is 1. The molecule has 4 rings (SSSR count). The summed E-state index contributed by atoms with van der Waals surface area (Å²) < 4.78 is 46.5. The Morgan fingerprint density at radius 1 is 1.22 bits per heavy atom. The van der Waals surface area contributed by atoms with Gasteiger partial charge in [-0.05, 0) is 49.9 Å².